The number of hydrogen-bond acceptors (Lipinski definition) is 4. The van der Waals surface area contributed by atoms with E-state index in [-0.39, 0.29) is 4.90 Å². The Hall–Kier alpha value is -0.960. The molecule has 0 radical (unpaired) electrons. The van der Waals surface area contributed by atoms with E-state index in [4.69, 9.17) is 5.73 Å². The lowest BCUT2D eigenvalue weighted by Crippen LogP contribution is -2.14. The number of aromatic nitrogens is 1. The van der Waals surface area contributed by atoms with Crippen molar-refractivity contribution in [2.45, 2.75) is 11.4 Å². The fourth-order valence-corrected chi connectivity index (χ4v) is 4.23. The topological polar surface area (TPSA) is 85.1 Å². The summed E-state index contributed by atoms with van der Waals surface area (Å²) >= 11 is 6.50. The van der Waals surface area contributed by atoms with E-state index >= 15 is 0 Å². The quantitative estimate of drug-likeness (QED) is 0.796. The fraction of sp³-hybridized carbons (Fsp3) is 0.0833. The van der Waals surface area contributed by atoms with Crippen molar-refractivity contribution in [1.29, 1.82) is 0 Å². The molecule has 2 aromatic rings. The molecule has 0 fully saturated rings. The molecule has 0 atom stereocenters. The van der Waals surface area contributed by atoms with Crippen LogP contribution in [0.5, 0.6) is 0 Å². The number of benzene rings is 1. The molecule has 0 spiro atoms. The minimum Gasteiger partial charge on any atom is -0.326 e. The molecule has 0 aliphatic carbocycles. The van der Waals surface area contributed by atoms with Gasteiger partial charge in [0.15, 0.2) is 0 Å². The van der Waals surface area contributed by atoms with Gasteiger partial charge in [-0.1, -0.05) is 6.07 Å². The highest BCUT2D eigenvalue weighted by Crippen LogP contribution is 2.27. The molecule has 1 aromatic carbocycles. The van der Waals surface area contributed by atoms with Gasteiger partial charge < -0.3 is 5.73 Å². The van der Waals surface area contributed by atoms with Gasteiger partial charge in [0, 0.05) is 23.4 Å². The van der Waals surface area contributed by atoms with E-state index in [2.05, 4.69) is 41.6 Å². The summed E-state index contributed by atoms with van der Waals surface area (Å²) in [6.45, 7) is 0.349. The van der Waals surface area contributed by atoms with Crippen LogP contribution in [0.3, 0.4) is 0 Å². The van der Waals surface area contributed by atoms with E-state index in [1.807, 2.05) is 0 Å². The third-order valence-corrected chi connectivity index (χ3v) is 5.51. The van der Waals surface area contributed by atoms with Crippen LogP contribution in [0.2, 0.25) is 0 Å². The van der Waals surface area contributed by atoms with Crippen molar-refractivity contribution in [2.75, 3.05) is 4.72 Å². The summed E-state index contributed by atoms with van der Waals surface area (Å²) in [5.41, 5.74) is 6.80. The summed E-state index contributed by atoms with van der Waals surface area (Å²) in [5, 5.41) is 0. The summed E-state index contributed by atoms with van der Waals surface area (Å²) in [6, 6.07) is 6.46. The molecule has 2 rings (SSSR count). The van der Waals surface area contributed by atoms with Gasteiger partial charge in [0.25, 0.3) is 10.0 Å². The van der Waals surface area contributed by atoms with Crippen LogP contribution in [0.25, 0.3) is 0 Å². The number of anilines is 1. The van der Waals surface area contributed by atoms with Gasteiger partial charge in [0.1, 0.15) is 4.90 Å². The SMILES string of the molecule is NCc1ccc(S(=O)(=O)Nc2ccncc2Br)c(Br)c1. The highest BCUT2D eigenvalue weighted by atomic mass is 79.9. The smallest absolute Gasteiger partial charge is 0.263 e. The number of nitrogens with one attached hydrogen (secondary N) is 1. The fourth-order valence-electron chi connectivity index (χ4n) is 1.55. The van der Waals surface area contributed by atoms with Crippen molar-refractivity contribution < 1.29 is 8.42 Å². The Balaban J connectivity index is 2.39. The average Bonchev–Trinajstić information content (AvgIpc) is 2.40. The average molecular weight is 421 g/mol. The van der Waals surface area contributed by atoms with E-state index in [0.29, 0.717) is 21.2 Å². The summed E-state index contributed by atoms with van der Waals surface area (Å²) in [4.78, 5) is 4.03. The largest absolute Gasteiger partial charge is 0.326 e. The maximum Gasteiger partial charge on any atom is 0.263 e. The van der Waals surface area contributed by atoms with Crippen LogP contribution in [0, 0.1) is 0 Å². The van der Waals surface area contributed by atoms with Crippen LogP contribution < -0.4 is 10.5 Å². The molecule has 3 N–H and O–H groups in total. The number of rotatable bonds is 4. The Morgan fingerprint density at radius 2 is 1.95 bits per heavy atom. The number of halogens is 2. The van der Waals surface area contributed by atoms with Gasteiger partial charge in [-0.05, 0) is 55.6 Å². The zero-order chi connectivity index (χ0) is 14.8. The van der Waals surface area contributed by atoms with Crippen molar-refractivity contribution >= 4 is 47.6 Å². The van der Waals surface area contributed by atoms with Crippen molar-refractivity contribution in [3.05, 3.63) is 51.2 Å². The predicted octanol–water partition coefficient (Wildman–Crippen LogP) is 2.87. The first kappa shape index (κ1) is 15.4. The second-order valence-corrected chi connectivity index (χ2v) is 7.29. The molecule has 106 valence electrons. The first-order valence-corrected chi connectivity index (χ1v) is 8.62. The van der Waals surface area contributed by atoms with Gasteiger partial charge in [-0.15, -0.1) is 0 Å². The number of nitrogens with two attached hydrogens (primary N) is 1. The minimum absolute atomic E-state index is 0.151. The first-order chi connectivity index (χ1) is 9.44. The number of sulfonamides is 1. The van der Waals surface area contributed by atoms with Crippen LogP contribution in [-0.2, 0) is 16.6 Å². The lowest BCUT2D eigenvalue weighted by molar-refractivity contribution is 0.600. The molecule has 5 nitrogen and oxygen atoms in total. The van der Waals surface area contributed by atoms with Crippen LogP contribution in [0.4, 0.5) is 5.69 Å². The van der Waals surface area contributed by atoms with Crippen LogP contribution in [-0.4, -0.2) is 13.4 Å². The Morgan fingerprint density at radius 1 is 1.20 bits per heavy atom. The van der Waals surface area contributed by atoms with Crippen molar-refractivity contribution in [3.63, 3.8) is 0 Å². The highest BCUT2D eigenvalue weighted by Gasteiger charge is 2.19. The predicted molar refractivity (Wildman–Crippen MR) is 84.8 cm³/mol. The molecule has 0 bridgehead atoms. The third-order valence-electron chi connectivity index (χ3n) is 2.54. The number of nitrogens with zero attached hydrogens (tertiary/aromatic N) is 1. The maximum atomic E-state index is 12.4. The minimum atomic E-state index is -3.69. The molecule has 0 unspecified atom stereocenters. The summed E-state index contributed by atoms with van der Waals surface area (Å²) in [5.74, 6) is 0. The van der Waals surface area contributed by atoms with Gasteiger partial charge >= 0.3 is 0 Å². The molecule has 0 saturated heterocycles. The van der Waals surface area contributed by atoms with Gasteiger partial charge in [-0.2, -0.15) is 0 Å². The summed E-state index contributed by atoms with van der Waals surface area (Å²) in [7, 11) is -3.69. The van der Waals surface area contributed by atoms with Crippen LogP contribution >= 0.6 is 31.9 Å². The standard InChI is InChI=1S/C12H11Br2N3O2S/c13-9-5-8(6-15)1-2-12(9)20(18,19)17-11-3-4-16-7-10(11)14/h1-5,7H,6,15H2,(H,16,17). The van der Waals surface area contributed by atoms with E-state index in [1.54, 1.807) is 18.2 Å². The molecule has 0 amide bonds. The Kier molecular flexibility index (Phi) is 4.79. The molecule has 0 aliphatic heterocycles. The lowest BCUT2D eigenvalue weighted by atomic mass is 10.2. The van der Waals surface area contributed by atoms with Gasteiger partial charge in [0.2, 0.25) is 0 Å². The second kappa shape index (κ2) is 6.21. The van der Waals surface area contributed by atoms with Crippen molar-refractivity contribution in [3.8, 4) is 0 Å². The zero-order valence-corrected chi connectivity index (χ0v) is 14.2. The number of hydrogen-bond donors (Lipinski definition) is 2. The molecular formula is C12H11Br2N3O2S. The van der Waals surface area contributed by atoms with E-state index in [0.717, 1.165) is 5.56 Å². The Labute approximate surface area is 133 Å². The molecule has 1 aromatic heterocycles. The van der Waals surface area contributed by atoms with Gasteiger partial charge in [0.05, 0.1) is 10.2 Å². The van der Waals surface area contributed by atoms with E-state index in [1.165, 1.54) is 18.5 Å². The highest BCUT2D eigenvalue weighted by molar-refractivity contribution is 9.11. The number of pyridine rings is 1. The Bertz CT molecular complexity index is 735. The molecule has 0 saturated carbocycles. The van der Waals surface area contributed by atoms with E-state index < -0.39 is 10.0 Å². The second-order valence-electron chi connectivity index (χ2n) is 3.93. The Morgan fingerprint density at radius 3 is 2.55 bits per heavy atom. The molecule has 20 heavy (non-hydrogen) atoms. The van der Waals surface area contributed by atoms with Crippen molar-refractivity contribution in [2.24, 2.45) is 5.73 Å². The van der Waals surface area contributed by atoms with Crippen LogP contribution in [0.1, 0.15) is 5.56 Å². The van der Waals surface area contributed by atoms with E-state index in [9.17, 15) is 8.42 Å². The summed E-state index contributed by atoms with van der Waals surface area (Å²) in [6.07, 6.45) is 3.03. The van der Waals surface area contributed by atoms with Crippen LogP contribution in [0.15, 0.2) is 50.5 Å². The molecular weight excluding hydrogens is 410 g/mol. The molecule has 1 heterocycles. The zero-order valence-electron chi connectivity index (χ0n) is 10.2. The normalized spacial score (nSPS) is 11.3. The molecule has 0 aliphatic rings. The monoisotopic (exact) mass is 419 g/mol. The van der Waals surface area contributed by atoms with Gasteiger partial charge in [-0.3, -0.25) is 9.71 Å². The lowest BCUT2D eigenvalue weighted by Gasteiger charge is -2.11. The summed E-state index contributed by atoms with van der Waals surface area (Å²) < 4.78 is 28.3. The van der Waals surface area contributed by atoms with Crippen molar-refractivity contribution in [1.82, 2.24) is 4.98 Å². The first-order valence-electron chi connectivity index (χ1n) is 5.55. The molecule has 8 heteroatoms. The maximum absolute atomic E-state index is 12.4. The third kappa shape index (κ3) is 3.38. The van der Waals surface area contributed by atoms with Gasteiger partial charge in [-0.25, -0.2) is 8.42 Å².